The summed E-state index contributed by atoms with van der Waals surface area (Å²) >= 11 is 0. The second kappa shape index (κ2) is 9.78. The number of rotatable bonds is 1. The van der Waals surface area contributed by atoms with Crippen molar-refractivity contribution >= 4 is 5.91 Å². The van der Waals surface area contributed by atoms with Gasteiger partial charge in [0.05, 0.1) is 5.56 Å². The zero-order valence-corrected chi connectivity index (χ0v) is 11.1. The molecule has 0 atom stereocenters. The Morgan fingerprint density at radius 2 is 1.71 bits per heavy atom. The van der Waals surface area contributed by atoms with Gasteiger partial charge in [-0.15, -0.1) is 0 Å². The number of aliphatic hydroxyl groups is 1. The molecule has 0 aliphatic rings. The highest BCUT2D eigenvalue weighted by atomic mass is 19.1. The number of halogens is 1. The quantitative estimate of drug-likeness (QED) is 0.796. The van der Waals surface area contributed by atoms with Gasteiger partial charge in [0.15, 0.2) is 0 Å². The van der Waals surface area contributed by atoms with Gasteiger partial charge in [-0.1, -0.05) is 32.4 Å². The fourth-order valence-electron chi connectivity index (χ4n) is 0.828. The number of nitrogens with two attached hydrogens (primary N) is 1. The molecular weight excluding hydrogens is 221 g/mol. The molecule has 0 fully saturated rings. The summed E-state index contributed by atoms with van der Waals surface area (Å²) in [5.74, 6) is -0.464. The third kappa shape index (κ3) is 9.51. The van der Waals surface area contributed by atoms with E-state index in [0.717, 1.165) is 18.6 Å². The summed E-state index contributed by atoms with van der Waals surface area (Å²) < 4.78 is 12.7. The standard InChI is InChI=1S/C8H8FNO.C4H10.CH4O/c1-5-2-3-7(9)6(4-5)8(10)11;1-4(2)3;1-2/h2-4H,1H3,(H2,10,11);4H,1-3H3;2H,1H3. The van der Waals surface area contributed by atoms with Crippen molar-refractivity contribution in [2.45, 2.75) is 27.7 Å². The molecular formula is C13H22FNO2. The lowest BCUT2D eigenvalue weighted by atomic mass is 10.1. The van der Waals surface area contributed by atoms with Crippen molar-refractivity contribution in [3.8, 4) is 0 Å². The summed E-state index contributed by atoms with van der Waals surface area (Å²) in [4.78, 5) is 10.6. The number of primary amides is 1. The highest BCUT2D eigenvalue weighted by molar-refractivity contribution is 5.93. The van der Waals surface area contributed by atoms with E-state index in [-0.39, 0.29) is 5.56 Å². The van der Waals surface area contributed by atoms with E-state index >= 15 is 0 Å². The Kier molecular flexibility index (Phi) is 10.3. The first-order valence-corrected chi connectivity index (χ1v) is 5.35. The predicted octanol–water partition coefficient (Wildman–Crippen LogP) is 2.50. The Morgan fingerprint density at radius 3 is 2.00 bits per heavy atom. The van der Waals surface area contributed by atoms with Crippen molar-refractivity contribution in [2.75, 3.05) is 7.11 Å². The third-order valence-electron chi connectivity index (χ3n) is 1.39. The van der Waals surface area contributed by atoms with Gasteiger partial charge >= 0.3 is 0 Å². The Morgan fingerprint density at radius 1 is 1.29 bits per heavy atom. The molecule has 1 aromatic rings. The van der Waals surface area contributed by atoms with Crippen LogP contribution in [0.2, 0.25) is 0 Å². The predicted molar refractivity (Wildman–Crippen MR) is 68.3 cm³/mol. The van der Waals surface area contributed by atoms with Crippen LogP contribution in [0.15, 0.2) is 18.2 Å². The van der Waals surface area contributed by atoms with Crippen LogP contribution in [-0.4, -0.2) is 18.1 Å². The molecule has 0 bridgehead atoms. The van der Waals surface area contributed by atoms with Crippen LogP contribution >= 0.6 is 0 Å². The van der Waals surface area contributed by atoms with Crippen molar-refractivity contribution in [1.29, 1.82) is 0 Å². The van der Waals surface area contributed by atoms with Crippen LogP contribution in [0, 0.1) is 18.7 Å². The number of amides is 1. The van der Waals surface area contributed by atoms with Crippen molar-refractivity contribution in [1.82, 2.24) is 0 Å². The second-order valence-corrected chi connectivity index (χ2v) is 4.08. The van der Waals surface area contributed by atoms with Gasteiger partial charge in [0, 0.05) is 7.11 Å². The lowest BCUT2D eigenvalue weighted by Gasteiger charge is -1.98. The Balaban J connectivity index is 0. The van der Waals surface area contributed by atoms with Gasteiger partial charge in [-0.05, 0) is 25.0 Å². The van der Waals surface area contributed by atoms with E-state index in [0.29, 0.717) is 0 Å². The summed E-state index contributed by atoms with van der Waals surface area (Å²) in [6, 6.07) is 4.24. The molecule has 0 aliphatic heterocycles. The average molecular weight is 243 g/mol. The van der Waals surface area contributed by atoms with Crippen LogP contribution in [0.3, 0.4) is 0 Å². The number of carbonyl (C=O) groups is 1. The van der Waals surface area contributed by atoms with Crippen LogP contribution in [0.5, 0.6) is 0 Å². The lowest BCUT2D eigenvalue weighted by Crippen LogP contribution is -2.13. The molecule has 1 rings (SSSR count). The Labute approximate surface area is 102 Å². The molecule has 0 aliphatic carbocycles. The molecule has 0 radical (unpaired) electrons. The SMILES string of the molecule is CC(C)C.CO.Cc1ccc(F)c(C(N)=O)c1. The van der Waals surface area contributed by atoms with Crippen molar-refractivity contribution < 1.29 is 14.3 Å². The van der Waals surface area contributed by atoms with Gasteiger partial charge in [0.2, 0.25) is 0 Å². The maximum atomic E-state index is 12.7. The molecule has 3 nitrogen and oxygen atoms in total. The van der Waals surface area contributed by atoms with Crippen LogP contribution in [0.1, 0.15) is 36.7 Å². The van der Waals surface area contributed by atoms with E-state index in [9.17, 15) is 9.18 Å². The van der Waals surface area contributed by atoms with Crippen LogP contribution in [0.25, 0.3) is 0 Å². The Hall–Kier alpha value is -1.42. The molecule has 1 aromatic carbocycles. The smallest absolute Gasteiger partial charge is 0.251 e. The van der Waals surface area contributed by atoms with Gasteiger partial charge in [-0.25, -0.2) is 4.39 Å². The van der Waals surface area contributed by atoms with E-state index < -0.39 is 11.7 Å². The first kappa shape index (κ1) is 18.0. The van der Waals surface area contributed by atoms with Crippen LogP contribution in [-0.2, 0) is 0 Å². The van der Waals surface area contributed by atoms with Gasteiger partial charge in [-0.2, -0.15) is 0 Å². The Bertz CT molecular complexity index is 335. The van der Waals surface area contributed by atoms with E-state index in [1.165, 1.54) is 12.1 Å². The number of aryl methyl sites for hydroxylation is 1. The molecule has 0 unspecified atom stereocenters. The summed E-state index contributed by atoms with van der Waals surface area (Å²) in [6.07, 6.45) is 0. The lowest BCUT2D eigenvalue weighted by molar-refractivity contribution is 0.0996. The highest BCUT2D eigenvalue weighted by Crippen LogP contribution is 2.08. The largest absolute Gasteiger partial charge is 0.400 e. The number of hydrogen-bond donors (Lipinski definition) is 2. The first-order valence-electron chi connectivity index (χ1n) is 5.35. The summed E-state index contributed by atoms with van der Waals surface area (Å²) in [5.41, 5.74) is 5.67. The molecule has 4 heteroatoms. The average Bonchev–Trinajstić information content (AvgIpc) is 2.23. The molecule has 3 N–H and O–H groups in total. The van der Waals surface area contributed by atoms with Crippen molar-refractivity contribution in [2.24, 2.45) is 11.7 Å². The summed E-state index contributed by atoms with van der Waals surface area (Å²) in [7, 11) is 1.00. The number of hydrogen-bond acceptors (Lipinski definition) is 2. The molecule has 0 aromatic heterocycles. The molecule has 0 spiro atoms. The molecule has 0 saturated heterocycles. The molecule has 17 heavy (non-hydrogen) atoms. The molecule has 98 valence electrons. The topological polar surface area (TPSA) is 63.3 Å². The monoisotopic (exact) mass is 243 g/mol. The fourth-order valence-corrected chi connectivity index (χ4v) is 0.828. The maximum absolute atomic E-state index is 12.7. The second-order valence-electron chi connectivity index (χ2n) is 4.08. The fraction of sp³-hybridized carbons (Fsp3) is 0.462. The minimum atomic E-state index is -0.730. The van der Waals surface area contributed by atoms with Crippen LogP contribution < -0.4 is 5.73 Å². The molecule has 0 saturated carbocycles. The van der Waals surface area contributed by atoms with Crippen LogP contribution in [0.4, 0.5) is 4.39 Å². The van der Waals surface area contributed by atoms with E-state index in [4.69, 9.17) is 10.8 Å². The molecule has 0 heterocycles. The van der Waals surface area contributed by atoms with Gasteiger partial charge in [0.25, 0.3) is 5.91 Å². The van der Waals surface area contributed by atoms with E-state index in [1.807, 2.05) is 0 Å². The first-order chi connectivity index (χ1) is 7.84. The zero-order valence-electron chi connectivity index (χ0n) is 11.1. The van der Waals surface area contributed by atoms with Gasteiger partial charge in [-0.3, -0.25) is 4.79 Å². The number of benzene rings is 1. The van der Waals surface area contributed by atoms with Crippen molar-refractivity contribution in [3.63, 3.8) is 0 Å². The van der Waals surface area contributed by atoms with Gasteiger partial charge < -0.3 is 10.8 Å². The minimum Gasteiger partial charge on any atom is -0.400 e. The van der Waals surface area contributed by atoms with E-state index in [1.54, 1.807) is 13.0 Å². The maximum Gasteiger partial charge on any atom is 0.251 e. The number of carbonyl (C=O) groups excluding carboxylic acids is 1. The summed E-state index contributed by atoms with van der Waals surface area (Å²) in [6.45, 7) is 8.27. The van der Waals surface area contributed by atoms with Crippen molar-refractivity contribution in [3.05, 3.63) is 35.1 Å². The molecule has 1 amide bonds. The number of aliphatic hydroxyl groups excluding tert-OH is 1. The van der Waals surface area contributed by atoms with Gasteiger partial charge in [0.1, 0.15) is 5.82 Å². The minimum absolute atomic E-state index is 0.0509. The normalized spacial score (nSPS) is 8.71. The third-order valence-corrected chi connectivity index (χ3v) is 1.39. The highest BCUT2D eigenvalue weighted by Gasteiger charge is 2.06. The summed E-state index contributed by atoms with van der Waals surface area (Å²) in [5, 5.41) is 7.00. The zero-order chi connectivity index (χ0) is 14.0. The van der Waals surface area contributed by atoms with E-state index in [2.05, 4.69) is 20.8 Å².